The van der Waals surface area contributed by atoms with Crippen LogP contribution in [0.15, 0.2) is 30.3 Å². The fourth-order valence-electron chi connectivity index (χ4n) is 3.99. The summed E-state index contributed by atoms with van der Waals surface area (Å²) >= 11 is 0. The lowest BCUT2D eigenvalue weighted by molar-refractivity contribution is 0.299. The zero-order valence-corrected chi connectivity index (χ0v) is 13.9. The standard InChI is InChI=1S/C18H23N5O/c1-22-10-12-6-7-23(11-13(22)8-12)16-9-15(20-21-18(16)19)14-4-2-3-5-17(14)24/h2-5,9,12-13,24H,6-8,10-11H2,1H3,(H2,19,21). The molecular weight excluding hydrogens is 302 g/mol. The van der Waals surface area contributed by atoms with Crippen molar-refractivity contribution in [3.63, 3.8) is 0 Å². The largest absolute Gasteiger partial charge is 0.507 e. The quantitative estimate of drug-likeness (QED) is 0.879. The number of anilines is 2. The molecule has 2 unspecified atom stereocenters. The number of nitrogens with two attached hydrogens (primary N) is 1. The number of phenols is 1. The van der Waals surface area contributed by atoms with Crippen molar-refractivity contribution in [3.05, 3.63) is 30.3 Å². The minimum absolute atomic E-state index is 0.206. The number of aromatic nitrogens is 2. The van der Waals surface area contributed by atoms with Gasteiger partial charge in [-0.15, -0.1) is 10.2 Å². The number of para-hydroxylation sites is 1. The summed E-state index contributed by atoms with van der Waals surface area (Å²) in [6.45, 7) is 3.15. The molecule has 3 heterocycles. The van der Waals surface area contributed by atoms with Gasteiger partial charge in [0.2, 0.25) is 0 Å². The first-order valence-electron chi connectivity index (χ1n) is 8.48. The molecule has 2 aliphatic rings. The molecule has 0 spiro atoms. The summed E-state index contributed by atoms with van der Waals surface area (Å²) in [4.78, 5) is 4.78. The van der Waals surface area contributed by atoms with Gasteiger partial charge in [0.1, 0.15) is 5.75 Å². The smallest absolute Gasteiger partial charge is 0.169 e. The maximum atomic E-state index is 10.1. The lowest BCUT2D eigenvalue weighted by Crippen LogP contribution is -2.40. The van der Waals surface area contributed by atoms with E-state index in [4.69, 9.17) is 5.73 Å². The van der Waals surface area contributed by atoms with Crippen molar-refractivity contribution in [1.82, 2.24) is 15.1 Å². The molecule has 126 valence electrons. The predicted octanol–water partition coefficient (Wildman–Crippen LogP) is 1.96. The number of likely N-dealkylation sites (N-methyl/N-ethyl adjacent to an activating group) is 1. The van der Waals surface area contributed by atoms with Gasteiger partial charge in [0.05, 0.1) is 11.4 Å². The number of nitrogen functional groups attached to an aromatic ring is 1. The summed E-state index contributed by atoms with van der Waals surface area (Å²) in [6, 6.07) is 9.71. The maximum Gasteiger partial charge on any atom is 0.169 e. The minimum atomic E-state index is 0.206. The van der Waals surface area contributed by atoms with Gasteiger partial charge in [0.15, 0.2) is 5.82 Å². The zero-order valence-electron chi connectivity index (χ0n) is 13.9. The van der Waals surface area contributed by atoms with Crippen molar-refractivity contribution in [1.29, 1.82) is 0 Å². The van der Waals surface area contributed by atoms with E-state index in [-0.39, 0.29) is 5.75 Å². The van der Waals surface area contributed by atoms with Gasteiger partial charge in [-0.25, -0.2) is 0 Å². The van der Waals surface area contributed by atoms with E-state index in [0.717, 1.165) is 24.7 Å². The van der Waals surface area contributed by atoms with Crippen LogP contribution < -0.4 is 10.6 Å². The summed E-state index contributed by atoms with van der Waals surface area (Å²) in [7, 11) is 2.20. The van der Waals surface area contributed by atoms with Gasteiger partial charge in [0, 0.05) is 31.2 Å². The Morgan fingerprint density at radius 3 is 2.88 bits per heavy atom. The van der Waals surface area contributed by atoms with Gasteiger partial charge in [-0.3, -0.25) is 0 Å². The third kappa shape index (κ3) is 2.67. The van der Waals surface area contributed by atoms with Gasteiger partial charge >= 0.3 is 0 Å². The molecule has 2 aromatic rings. The molecule has 0 aliphatic carbocycles. The van der Waals surface area contributed by atoms with Crippen molar-refractivity contribution in [2.45, 2.75) is 18.9 Å². The van der Waals surface area contributed by atoms with Crippen LogP contribution in [0.4, 0.5) is 11.5 Å². The Morgan fingerprint density at radius 2 is 2.04 bits per heavy atom. The molecule has 0 radical (unpaired) electrons. The van der Waals surface area contributed by atoms with Crippen LogP contribution in [0.3, 0.4) is 0 Å². The first-order chi connectivity index (χ1) is 11.6. The van der Waals surface area contributed by atoms with Gasteiger partial charge in [-0.05, 0) is 44.0 Å². The Kier molecular flexibility index (Phi) is 3.76. The number of benzene rings is 1. The van der Waals surface area contributed by atoms with E-state index in [0.29, 0.717) is 23.1 Å². The summed E-state index contributed by atoms with van der Waals surface area (Å²) < 4.78 is 0. The summed E-state index contributed by atoms with van der Waals surface area (Å²) in [5.41, 5.74) is 8.38. The molecule has 6 heteroatoms. The number of phenolic OH excluding ortho intramolecular Hbond substituents is 1. The lowest BCUT2D eigenvalue weighted by Gasteiger charge is -2.31. The summed E-state index contributed by atoms with van der Waals surface area (Å²) in [6.07, 6.45) is 2.44. The third-order valence-electron chi connectivity index (χ3n) is 5.34. The highest BCUT2D eigenvalue weighted by atomic mass is 16.3. The van der Waals surface area contributed by atoms with Crippen molar-refractivity contribution in [2.24, 2.45) is 5.92 Å². The molecule has 4 rings (SSSR count). The minimum Gasteiger partial charge on any atom is -0.507 e. The molecule has 0 saturated carbocycles. The fraction of sp³-hybridized carbons (Fsp3) is 0.444. The number of aromatic hydroxyl groups is 1. The van der Waals surface area contributed by atoms with Crippen LogP contribution in [-0.2, 0) is 0 Å². The van der Waals surface area contributed by atoms with Crippen LogP contribution in [0.25, 0.3) is 11.3 Å². The molecule has 3 N–H and O–H groups in total. The van der Waals surface area contributed by atoms with E-state index in [2.05, 4.69) is 27.0 Å². The van der Waals surface area contributed by atoms with E-state index >= 15 is 0 Å². The molecule has 2 saturated heterocycles. The number of hydrogen-bond donors (Lipinski definition) is 2. The zero-order chi connectivity index (χ0) is 16.7. The molecule has 1 aromatic heterocycles. The summed E-state index contributed by atoms with van der Waals surface area (Å²) in [5.74, 6) is 1.44. The number of nitrogens with zero attached hydrogens (tertiary/aromatic N) is 4. The fourth-order valence-corrected chi connectivity index (χ4v) is 3.99. The maximum absolute atomic E-state index is 10.1. The third-order valence-corrected chi connectivity index (χ3v) is 5.34. The Morgan fingerprint density at radius 1 is 1.21 bits per heavy atom. The number of fused-ring (bicyclic) bond motifs is 2. The highest BCUT2D eigenvalue weighted by Crippen LogP contribution is 2.35. The van der Waals surface area contributed by atoms with Crippen molar-refractivity contribution in [3.8, 4) is 17.0 Å². The van der Waals surface area contributed by atoms with Crippen LogP contribution in [0.2, 0.25) is 0 Å². The van der Waals surface area contributed by atoms with Crippen molar-refractivity contribution in [2.75, 3.05) is 37.3 Å². The Hall–Kier alpha value is -2.34. The van der Waals surface area contributed by atoms with Gasteiger partial charge < -0.3 is 20.6 Å². The molecule has 0 amide bonds. The first kappa shape index (κ1) is 15.2. The van der Waals surface area contributed by atoms with Gasteiger partial charge in [-0.2, -0.15) is 0 Å². The van der Waals surface area contributed by atoms with E-state index in [9.17, 15) is 5.11 Å². The van der Waals surface area contributed by atoms with E-state index < -0.39 is 0 Å². The van der Waals surface area contributed by atoms with Crippen molar-refractivity contribution < 1.29 is 5.11 Å². The highest BCUT2D eigenvalue weighted by Gasteiger charge is 2.34. The average Bonchev–Trinajstić information content (AvgIpc) is 2.78. The Balaban J connectivity index is 1.68. The average molecular weight is 325 g/mol. The SMILES string of the molecule is CN1CC2CCN(c3cc(-c4ccccc4O)nnc3N)CC1C2. The molecular formula is C18H23N5O. The number of hydrogen-bond acceptors (Lipinski definition) is 6. The molecule has 1 aromatic carbocycles. The van der Waals surface area contributed by atoms with E-state index in [1.165, 1.54) is 19.4 Å². The van der Waals surface area contributed by atoms with Gasteiger partial charge in [-0.1, -0.05) is 12.1 Å². The van der Waals surface area contributed by atoms with Gasteiger partial charge in [0.25, 0.3) is 0 Å². The molecule has 2 fully saturated rings. The lowest BCUT2D eigenvalue weighted by atomic mass is 10.0. The van der Waals surface area contributed by atoms with Crippen LogP contribution in [0.1, 0.15) is 12.8 Å². The predicted molar refractivity (Wildman–Crippen MR) is 94.9 cm³/mol. The van der Waals surface area contributed by atoms with Crippen LogP contribution in [-0.4, -0.2) is 52.9 Å². The number of likely N-dealkylation sites (tertiary alicyclic amines) is 1. The Labute approximate surface area is 141 Å². The van der Waals surface area contributed by atoms with E-state index in [1.807, 2.05) is 18.2 Å². The number of rotatable bonds is 2. The second-order valence-electron chi connectivity index (χ2n) is 6.95. The highest BCUT2D eigenvalue weighted by molar-refractivity contribution is 5.74. The molecule has 2 bridgehead atoms. The molecule has 6 nitrogen and oxygen atoms in total. The van der Waals surface area contributed by atoms with Crippen LogP contribution in [0, 0.1) is 5.92 Å². The first-order valence-corrected chi connectivity index (χ1v) is 8.48. The van der Waals surface area contributed by atoms with Crippen LogP contribution in [0.5, 0.6) is 5.75 Å². The monoisotopic (exact) mass is 325 g/mol. The normalized spacial score (nSPS) is 24.1. The topological polar surface area (TPSA) is 78.5 Å². The summed E-state index contributed by atoms with van der Waals surface area (Å²) in [5, 5.41) is 18.4. The molecule has 2 atom stereocenters. The Bertz CT molecular complexity index is 750. The second kappa shape index (κ2) is 5.94. The molecule has 2 aliphatic heterocycles. The second-order valence-corrected chi connectivity index (χ2v) is 6.95. The van der Waals surface area contributed by atoms with E-state index in [1.54, 1.807) is 12.1 Å². The van der Waals surface area contributed by atoms with Crippen molar-refractivity contribution >= 4 is 11.5 Å². The van der Waals surface area contributed by atoms with Crippen LogP contribution >= 0.6 is 0 Å². The molecule has 24 heavy (non-hydrogen) atoms.